The molecule has 1 aromatic carbocycles. The summed E-state index contributed by atoms with van der Waals surface area (Å²) in [6.07, 6.45) is 0. The van der Waals surface area contributed by atoms with Crippen molar-refractivity contribution in [2.24, 2.45) is 0 Å². The number of hydrogen-bond acceptors (Lipinski definition) is 4. The molecular formula is C11H7NO3S. The Morgan fingerprint density at radius 1 is 1.31 bits per heavy atom. The van der Waals surface area contributed by atoms with Gasteiger partial charge in [0.25, 0.3) is 0 Å². The Morgan fingerprint density at radius 3 is 2.94 bits per heavy atom. The molecule has 0 fully saturated rings. The molecule has 0 atom stereocenters. The first-order chi connectivity index (χ1) is 7.74. The molecule has 5 heteroatoms. The highest BCUT2D eigenvalue weighted by molar-refractivity contribution is 7.18. The molecule has 1 aliphatic rings. The normalized spacial score (nSPS) is 12.0. The fraction of sp³-hybridized carbons (Fsp3) is 0. The Bertz CT molecular complexity index is 534. The molecule has 2 N–H and O–H groups in total. The number of rotatable bonds is 1. The topological polar surface area (TPSA) is 58.6 Å². The number of benzene rings is 1. The van der Waals surface area contributed by atoms with Crippen molar-refractivity contribution in [2.75, 3.05) is 5.32 Å². The highest BCUT2D eigenvalue weighted by atomic mass is 32.1. The summed E-state index contributed by atoms with van der Waals surface area (Å²) in [5.41, 5.74) is 0.855. The first-order valence-corrected chi connectivity index (χ1v) is 5.47. The highest BCUT2D eigenvalue weighted by Gasteiger charge is 2.21. The number of anilines is 2. The van der Waals surface area contributed by atoms with Crippen LogP contribution in [-0.4, -0.2) is 11.1 Å². The lowest BCUT2D eigenvalue weighted by atomic mass is 10.2. The monoisotopic (exact) mass is 233 g/mol. The van der Waals surface area contributed by atoms with E-state index in [0.29, 0.717) is 11.5 Å². The van der Waals surface area contributed by atoms with E-state index in [1.807, 2.05) is 24.3 Å². The van der Waals surface area contributed by atoms with Gasteiger partial charge in [0.2, 0.25) is 0 Å². The molecule has 4 nitrogen and oxygen atoms in total. The molecule has 0 saturated carbocycles. The molecular weight excluding hydrogens is 226 g/mol. The van der Waals surface area contributed by atoms with E-state index in [4.69, 9.17) is 9.84 Å². The first-order valence-electron chi connectivity index (χ1n) is 4.65. The van der Waals surface area contributed by atoms with Gasteiger partial charge in [-0.05, 0) is 12.1 Å². The number of carbonyl (C=O) groups is 1. The van der Waals surface area contributed by atoms with Crippen molar-refractivity contribution in [1.82, 2.24) is 0 Å². The Hall–Kier alpha value is -2.01. The molecule has 1 aliphatic heterocycles. The minimum absolute atomic E-state index is 0.269. The van der Waals surface area contributed by atoms with Crippen molar-refractivity contribution in [2.45, 2.75) is 0 Å². The molecule has 0 amide bonds. The number of fused-ring (bicyclic) bond motifs is 2. The standard InChI is InChI=1S/C11H7NO3S/c13-11(14)9-5-8-10(16-9)12-6-3-1-2-4-7(6)15-8/h1-5,12H,(H,13,14). The van der Waals surface area contributed by atoms with E-state index in [9.17, 15) is 4.79 Å². The van der Waals surface area contributed by atoms with Crippen LogP contribution in [0.25, 0.3) is 0 Å². The summed E-state index contributed by atoms with van der Waals surface area (Å²) in [5.74, 6) is 0.347. The van der Waals surface area contributed by atoms with Crippen molar-refractivity contribution in [1.29, 1.82) is 0 Å². The predicted molar refractivity (Wildman–Crippen MR) is 61.1 cm³/mol. The van der Waals surface area contributed by atoms with Gasteiger partial charge in [0.15, 0.2) is 11.5 Å². The molecule has 2 heterocycles. The predicted octanol–water partition coefficient (Wildman–Crippen LogP) is 3.30. The number of nitrogens with one attached hydrogen (secondary N) is 1. The smallest absolute Gasteiger partial charge is 0.346 e. The van der Waals surface area contributed by atoms with E-state index < -0.39 is 5.97 Å². The van der Waals surface area contributed by atoms with Crippen LogP contribution < -0.4 is 10.1 Å². The zero-order valence-corrected chi connectivity index (χ0v) is 8.88. The second kappa shape index (κ2) is 3.24. The van der Waals surface area contributed by atoms with Gasteiger partial charge in [0, 0.05) is 6.07 Å². The van der Waals surface area contributed by atoms with Crippen molar-refractivity contribution in [3.63, 3.8) is 0 Å². The molecule has 0 saturated heterocycles. The van der Waals surface area contributed by atoms with E-state index in [0.717, 1.165) is 10.7 Å². The number of carboxylic acid groups (broad SMARTS) is 1. The second-order valence-electron chi connectivity index (χ2n) is 3.33. The van der Waals surface area contributed by atoms with Crippen molar-refractivity contribution < 1.29 is 14.6 Å². The average Bonchev–Trinajstić information content (AvgIpc) is 2.68. The summed E-state index contributed by atoms with van der Waals surface area (Å²) in [6.45, 7) is 0. The van der Waals surface area contributed by atoms with Gasteiger partial charge < -0.3 is 15.2 Å². The zero-order chi connectivity index (χ0) is 11.1. The SMILES string of the molecule is O=C(O)c1cc2c(s1)Nc1ccccc1O2. The second-order valence-corrected chi connectivity index (χ2v) is 4.38. The lowest BCUT2D eigenvalue weighted by molar-refractivity contribution is 0.0702. The zero-order valence-electron chi connectivity index (χ0n) is 8.06. The van der Waals surface area contributed by atoms with Crippen LogP contribution in [0.5, 0.6) is 11.5 Å². The summed E-state index contributed by atoms with van der Waals surface area (Å²) in [5, 5.41) is 12.8. The van der Waals surface area contributed by atoms with Crippen LogP contribution in [-0.2, 0) is 0 Å². The van der Waals surface area contributed by atoms with Crippen molar-refractivity contribution in [3.05, 3.63) is 35.2 Å². The Labute approximate surface area is 95.1 Å². The van der Waals surface area contributed by atoms with Gasteiger partial charge in [-0.2, -0.15) is 0 Å². The van der Waals surface area contributed by atoms with Crippen LogP contribution in [0.15, 0.2) is 30.3 Å². The van der Waals surface area contributed by atoms with E-state index in [1.165, 1.54) is 17.4 Å². The minimum atomic E-state index is -0.936. The Balaban J connectivity index is 2.06. The third-order valence-electron chi connectivity index (χ3n) is 2.26. The lowest BCUT2D eigenvalue weighted by Gasteiger charge is -2.17. The van der Waals surface area contributed by atoms with Crippen LogP contribution in [0.1, 0.15) is 9.67 Å². The Kier molecular flexibility index (Phi) is 1.87. The lowest BCUT2D eigenvalue weighted by Crippen LogP contribution is -1.98. The van der Waals surface area contributed by atoms with Crippen molar-refractivity contribution in [3.8, 4) is 11.5 Å². The minimum Gasteiger partial charge on any atom is -0.477 e. The molecule has 80 valence electrons. The third-order valence-corrected chi connectivity index (χ3v) is 3.28. The highest BCUT2D eigenvalue weighted by Crippen LogP contribution is 2.46. The summed E-state index contributed by atoms with van der Waals surface area (Å²) in [4.78, 5) is 11.1. The number of ether oxygens (including phenoxy) is 1. The fourth-order valence-electron chi connectivity index (χ4n) is 1.54. The molecule has 0 radical (unpaired) electrons. The Morgan fingerprint density at radius 2 is 2.12 bits per heavy atom. The molecule has 0 spiro atoms. The number of para-hydroxylation sites is 2. The molecule has 16 heavy (non-hydrogen) atoms. The van der Waals surface area contributed by atoms with Crippen LogP contribution in [0.2, 0.25) is 0 Å². The summed E-state index contributed by atoms with van der Waals surface area (Å²) >= 11 is 1.17. The van der Waals surface area contributed by atoms with Gasteiger partial charge in [-0.3, -0.25) is 0 Å². The molecule has 0 unspecified atom stereocenters. The number of carboxylic acids is 1. The van der Waals surface area contributed by atoms with Gasteiger partial charge in [0.05, 0.1) is 5.69 Å². The molecule has 0 aliphatic carbocycles. The summed E-state index contributed by atoms with van der Waals surface area (Å²) in [6, 6.07) is 9.02. The summed E-state index contributed by atoms with van der Waals surface area (Å²) < 4.78 is 5.59. The van der Waals surface area contributed by atoms with E-state index in [2.05, 4.69) is 5.32 Å². The maximum Gasteiger partial charge on any atom is 0.346 e. The van der Waals surface area contributed by atoms with E-state index in [-0.39, 0.29) is 4.88 Å². The number of aromatic carboxylic acids is 1. The summed E-state index contributed by atoms with van der Waals surface area (Å²) in [7, 11) is 0. The third kappa shape index (κ3) is 1.33. The molecule has 2 aromatic rings. The average molecular weight is 233 g/mol. The van der Waals surface area contributed by atoms with Crippen LogP contribution >= 0.6 is 11.3 Å². The quantitative estimate of drug-likeness (QED) is 0.677. The van der Waals surface area contributed by atoms with Crippen molar-refractivity contribution >= 4 is 28.0 Å². The van der Waals surface area contributed by atoms with Gasteiger partial charge in [-0.25, -0.2) is 4.79 Å². The number of thiophene rings is 1. The largest absolute Gasteiger partial charge is 0.477 e. The van der Waals surface area contributed by atoms with Gasteiger partial charge >= 0.3 is 5.97 Å². The van der Waals surface area contributed by atoms with Gasteiger partial charge in [-0.15, -0.1) is 11.3 Å². The van der Waals surface area contributed by atoms with Gasteiger partial charge in [0.1, 0.15) is 9.88 Å². The van der Waals surface area contributed by atoms with E-state index in [1.54, 1.807) is 0 Å². The van der Waals surface area contributed by atoms with Crippen LogP contribution in [0.4, 0.5) is 10.7 Å². The van der Waals surface area contributed by atoms with Crippen LogP contribution in [0.3, 0.4) is 0 Å². The maximum atomic E-state index is 10.8. The number of hydrogen-bond donors (Lipinski definition) is 2. The fourth-order valence-corrected chi connectivity index (χ4v) is 2.38. The molecule has 0 bridgehead atoms. The first kappa shape index (κ1) is 9.23. The van der Waals surface area contributed by atoms with E-state index >= 15 is 0 Å². The molecule has 3 rings (SSSR count). The maximum absolute atomic E-state index is 10.8. The molecule has 1 aromatic heterocycles. The van der Waals surface area contributed by atoms with Crippen LogP contribution in [0, 0.1) is 0 Å². The van der Waals surface area contributed by atoms with Gasteiger partial charge in [-0.1, -0.05) is 12.1 Å².